The van der Waals surface area contributed by atoms with Gasteiger partial charge in [0.15, 0.2) is 11.5 Å². The number of nitrogens with one attached hydrogen (secondary N) is 1. The molecule has 0 bridgehead atoms. The molecule has 6 heteroatoms. The first kappa shape index (κ1) is 28.0. The van der Waals surface area contributed by atoms with Gasteiger partial charge in [-0.3, -0.25) is 9.69 Å². The van der Waals surface area contributed by atoms with Crippen LogP contribution in [0, 0.1) is 0 Å². The average Bonchev–Trinajstić information content (AvgIpc) is 3.49. The molecular weight excluding hydrogens is 522 g/mol. The van der Waals surface area contributed by atoms with Gasteiger partial charge in [-0.1, -0.05) is 78.9 Å². The summed E-state index contributed by atoms with van der Waals surface area (Å²) in [5.74, 6) is 1.76. The van der Waals surface area contributed by atoms with E-state index in [9.17, 15) is 4.79 Å². The Morgan fingerprint density at radius 1 is 0.810 bits per heavy atom. The van der Waals surface area contributed by atoms with E-state index in [1.54, 1.807) is 6.92 Å². The fraction of sp³-hybridized carbons (Fsp3) is 0.306. The SMILES string of the molecule is CC(=O)N(Cc1ccccc1-c1cccc(CNCc2ccc3c(c2)OCO3)c1)C1CCN(Cc2ccccc2)CC1. The van der Waals surface area contributed by atoms with Crippen LogP contribution in [-0.2, 0) is 31.0 Å². The maximum absolute atomic E-state index is 12.9. The van der Waals surface area contributed by atoms with E-state index < -0.39 is 0 Å². The fourth-order valence-electron chi connectivity index (χ4n) is 6.10. The van der Waals surface area contributed by atoms with E-state index in [1.165, 1.54) is 27.8 Å². The number of carbonyl (C=O) groups is 1. The number of likely N-dealkylation sites (tertiary alicyclic amines) is 1. The van der Waals surface area contributed by atoms with Gasteiger partial charge in [-0.2, -0.15) is 0 Å². The van der Waals surface area contributed by atoms with Crippen molar-refractivity contribution in [3.8, 4) is 22.6 Å². The lowest BCUT2D eigenvalue weighted by atomic mass is 9.96. The third-order valence-corrected chi connectivity index (χ3v) is 8.34. The number of hydrogen-bond acceptors (Lipinski definition) is 5. The lowest BCUT2D eigenvalue weighted by Crippen LogP contribution is -2.46. The van der Waals surface area contributed by atoms with Crippen LogP contribution in [0.15, 0.2) is 97.1 Å². The van der Waals surface area contributed by atoms with Crippen molar-refractivity contribution in [2.75, 3.05) is 19.9 Å². The Balaban J connectivity index is 1.09. The third kappa shape index (κ3) is 6.84. The molecule has 0 radical (unpaired) electrons. The minimum Gasteiger partial charge on any atom is -0.454 e. The lowest BCUT2D eigenvalue weighted by Gasteiger charge is -2.38. The maximum Gasteiger partial charge on any atom is 0.231 e. The van der Waals surface area contributed by atoms with Crippen molar-refractivity contribution in [2.45, 2.75) is 52.0 Å². The van der Waals surface area contributed by atoms with E-state index in [1.807, 2.05) is 12.1 Å². The molecule has 4 aromatic rings. The summed E-state index contributed by atoms with van der Waals surface area (Å²) in [5, 5.41) is 3.56. The average molecular weight is 562 g/mol. The number of benzene rings is 4. The molecule has 1 saturated heterocycles. The largest absolute Gasteiger partial charge is 0.454 e. The van der Waals surface area contributed by atoms with Crippen molar-refractivity contribution >= 4 is 5.91 Å². The predicted octanol–water partition coefficient (Wildman–Crippen LogP) is 6.39. The molecule has 0 aromatic heterocycles. The van der Waals surface area contributed by atoms with Crippen LogP contribution in [0.4, 0.5) is 0 Å². The highest BCUT2D eigenvalue weighted by Gasteiger charge is 2.27. The van der Waals surface area contributed by atoms with Crippen molar-refractivity contribution in [1.82, 2.24) is 15.1 Å². The highest BCUT2D eigenvalue weighted by molar-refractivity contribution is 5.75. The van der Waals surface area contributed by atoms with Gasteiger partial charge < -0.3 is 19.7 Å². The van der Waals surface area contributed by atoms with E-state index in [4.69, 9.17) is 9.47 Å². The summed E-state index contributed by atoms with van der Waals surface area (Å²) in [6.07, 6.45) is 2.00. The Morgan fingerprint density at radius 2 is 1.52 bits per heavy atom. The first-order valence-corrected chi connectivity index (χ1v) is 14.9. The van der Waals surface area contributed by atoms with Crippen molar-refractivity contribution in [3.05, 3.63) is 119 Å². The Morgan fingerprint density at radius 3 is 2.33 bits per heavy atom. The van der Waals surface area contributed by atoms with E-state index in [0.717, 1.165) is 62.6 Å². The van der Waals surface area contributed by atoms with E-state index in [2.05, 4.69) is 100 Å². The number of piperidine rings is 1. The number of nitrogens with zero attached hydrogens (tertiary/aromatic N) is 2. The number of ether oxygens (including phenoxy) is 2. The van der Waals surface area contributed by atoms with Gasteiger partial charge in [-0.15, -0.1) is 0 Å². The Kier molecular flexibility index (Phi) is 8.83. The molecule has 42 heavy (non-hydrogen) atoms. The summed E-state index contributed by atoms with van der Waals surface area (Å²) in [5.41, 5.74) is 7.27. The van der Waals surface area contributed by atoms with Gasteiger partial charge in [0.2, 0.25) is 12.7 Å². The van der Waals surface area contributed by atoms with E-state index in [-0.39, 0.29) is 11.9 Å². The molecular formula is C36H39N3O3. The minimum absolute atomic E-state index is 0.146. The van der Waals surface area contributed by atoms with E-state index in [0.29, 0.717) is 13.3 Å². The van der Waals surface area contributed by atoms with E-state index >= 15 is 0 Å². The van der Waals surface area contributed by atoms with Crippen LogP contribution in [0.5, 0.6) is 11.5 Å². The number of amides is 1. The van der Waals surface area contributed by atoms with Crippen LogP contribution in [0.1, 0.15) is 42.0 Å². The molecule has 0 unspecified atom stereocenters. The molecule has 2 aliphatic rings. The molecule has 0 atom stereocenters. The molecule has 0 saturated carbocycles. The smallest absolute Gasteiger partial charge is 0.231 e. The van der Waals surface area contributed by atoms with Gasteiger partial charge in [0.1, 0.15) is 0 Å². The number of hydrogen-bond donors (Lipinski definition) is 1. The van der Waals surface area contributed by atoms with Crippen LogP contribution < -0.4 is 14.8 Å². The van der Waals surface area contributed by atoms with Gasteiger partial charge in [0.25, 0.3) is 0 Å². The maximum atomic E-state index is 12.9. The quantitative estimate of drug-likeness (QED) is 0.243. The van der Waals surface area contributed by atoms with Crippen LogP contribution in [0.25, 0.3) is 11.1 Å². The molecule has 4 aromatic carbocycles. The molecule has 1 amide bonds. The monoisotopic (exact) mass is 561 g/mol. The molecule has 0 spiro atoms. The zero-order valence-corrected chi connectivity index (χ0v) is 24.3. The molecule has 0 aliphatic carbocycles. The normalized spacial score (nSPS) is 15.1. The van der Waals surface area contributed by atoms with Crippen molar-refractivity contribution in [3.63, 3.8) is 0 Å². The molecule has 6 nitrogen and oxygen atoms in total. The predicted molar refractivity (Wildman–Crippen MR) is 166 cm³/mol. The molecule has 1 fully saturated rings. The Bertz CT molecular complexity index is 1500. The standard InChI is InChI=1S/C36H39N3O3/c1-27(40)39(33-16-18-38(19-17-33)24-28-8-3-2-4-9-28)25-32-11-5-6-13-34(32)31-12-7-10-29(20-31)22-37-23-30-14-15-35-36(21-30)42-26-41-35/h2-15,20-21,33,37H,16-19,22-26H2,1H3. The van der Waals surface area contributed by atoms with Crippen LogP contribution in [0.2, 0.25) is 0 Å². The first-order chi connectivity index (χ1) is 20.6. The second kappa shape index (κ2) is 13.2. The first-order valence-electron chi connectivity index (χ1n) is 14.9. The minimum atomic E-state index is 0.146. The fourth-order valence-corrected chi connectivity index (χ4v) is 6.10. The topological polar surface area (TPSA) is 54.0 Å². The zero-order valence-electron chi connectivity index (χ0n) is 24.3. The van der Waals surface area contributed by atoms with Gasteiger partial charge in [-0.05, 0) is 64.4 Å². The zero-order chi connectivity index (χ0) is 28.7. The summed E-state index contributed by atoms with van der Waals surface area (Å²) in [6.45, 7) is 7.11. The molecule has 1 N–H and O–H groups in total. The highest BCUT2D eigenvalue weighted by Crippen LogP contribution is 2.32. The van der Waals surface area contributed by atoms with Gasteiger partial charge in [0, 0.05) is 52.2 Å². The number of carbonyl (C=O) groups excluding carboxylic acids is 1. The van der Waals surface area contributed by atoms with Crippen molar-refractivity contribution in [1.29, 1.82) is 0 Å². The highest BCUT2D eigenvalue weighted by atomic mass is 16.7. The van der Waals surface area contributed by atoms with Crippen molar-refractivity contribution in [2.24, 2.45) is 0 Å². The van der Waals surface area contributed by atoms with Gasteiger partial charge >= 0.3 is 0 Å². The number of rotatable bonds is 10. The van der Waals surface area contributed by atoms with Crippen molar-refractivity contribution < 1.29 is 14.3 Å². The summed E-state index contributed by atoms with van der Waals surface area (Å²) in [7, 11) is 0. The summed E-state index contributed by atoms with van der Waals surface area (Å²) >= 11 is 0. The molecule has 2 aliphatic heterocycles. The van der Waals surface area contributed by atoms with Gasteiger partial charge in [-0.25, -0.2) is 0 Å². The summed E-state index contributed by atoms with van der Waals surface area (Å²) in [4.78, 5) is 17.5. The second-order valence-corrected chi connectivity index (χ2v) is 11.3. The van der Waals surface area contributed by atoms with Crippen LogP contribution in [0.3, 0.4) is 0 Å². The Labute approximate surface area is 248 Å². The molecule has 2 heterocycles. The second-order valence-electron chi connectivity index (χ2n) is 11.3. The lowest BCUT2D eigenvalue weighted by molar-refractivity contribution is -0.132. The molecule has 6 rings (SSSR count). The van der Waals surface area contributed by atoms with Crippen LogP contribution >= 0.6 is 0 Å². The van der Waals surface area contributed by atoms with Crippen LogP contribution in [-0.4, -0.2) is 41.6 Å². The van der Waals surface area contributed by atoms with Gasteiger partial charge in [0.05, 0.1) is 0 Å². The molecule has 216 valence electrons. The summed E-state index contributed by atoms with van der Waals surface area (Å²) in [6, 6.07) is 34.2. The Hall–Kier alpha value is -4.13. The number of fused-ring (bicyclic) bond motifs is 1. The third-order valence-electron chi connectivity index (χ3n) is 8.34. The summed E-state index contributed by atoms with van der Waals surface area (Å²) < 4.78 is 10.9.